The maximum Gasteiger partial charge on any atom is 0.240 e. The Labute approximate surface area is 121 Å². The molecule has 1 saturated heterocycles. The highest BCUT2D eigenvalue weighted by Crippen LogP contribution is 2.31. The van der Waals surface area contributed by atoms with Gasteiger partial charge in [0.05, 0.1) is 0 Å². The minimum atomic E-state index is -2.35. The van der Waals surface area contributed by atoms with Crippen LogP contribution in [-0.4, -0.2) is 37.5 Å². The van der Waals surface area contributed by atoms with Crippen LogP contribution in [0.1, 0.15) is 18.0 Å². The number of nitrogens with zero attached hydrogens (tertiary/aromatic N) is 1. The monoisotopic (exact) mass is 308 g/mol. The van der Waals surface area contributed by atoms with Gasteiger partial charge in [-0.05, 0) is 23.8 Å². The molecule has 1 aliphatic rings. The second-order valence-electron chi connectivity index (χ2n) is 4.63. The van der Waals surface area contributed by atoms with Crippen molar-refractivity contribution in [3.05, 3.63) is 33.8 Å². The molecule has 1 aromatic rings. The predicted molar refractivity (Wildman–Crippen MR) is 74.3 cm³/mol. The molecule has 1 atom stereocenters. The maximum absolute atomic E-state index is 12.8. The normalized spacial score (nSPS) is 18.8. The second-order valence-corrected chi connectivity index (χ2v) is 5.50. The number of halogens is 4. The third kappa shape index (κ3) is 4.28. The Kier molecular flexibility index (Phi) is 5.39. The van der Waals surface area contributed by atoms with Gasteiger partial charge in [0.15, 0.2) is 0 Å². The number of hydrogen-bond acceptors (Lipinski definition) is 2. The molecule has 1 heterocycles. The van der Waals surface area contributed by atoms with Crippen LogP contribution >= 0.6 is 23.2 Å². The van der Waals surface area contributed by atoms with Crippen molar-refractivity contribution in [2.45, 2.75) is 18.9 Å². The molecule has 1 fully saturated rings. The molecule has 1 N–H and O–H groups in total. The number of benzene rings is 1. The van der Waals surface area contributed by atoms with Crippen LogP contribution in [0, 0.1) is 0 Å². The first-order valence-corrected chi connectivity index (χ1v) is 7.01. The summed E-state index contributed by atoms with van der Waals surface area (Å²) in [6.45, 7) is 3.13. The van der Waals surface area contributed by atoms with E-state index in [2.05, 4.69) is 10.2 Å². The minimum Gasteiger partial charge on any atom is -0.314 e. The molecule has 1 aromatic carbocycles. The second kappa shape index (κ2) is 6.84. The van der Waals surface area contributed by atoms with Crippen molar-refractivity contribution in [1.82, 2.24) is 10.2 Å². The van der Waals surface area contributed by atoms with Gasteiger partial charge >= 0.3 is 0 Å². The van der Waals surface area contributed by atoms with E-state index in [0.29, 0.717) is 10.0 Å². The summed E-state index contributed by atoms with van der Waals surface area (Å²) in [6, 6.07) is 4.73. The molecule has 0 spiro atoms. The molecule has 0 radical (unpaired) electrons. The SMILES string of the molecule is FC(F)C[C@@H](c1cc(Cl)cc(Cl)c1)N1CCNCC1. The molecule has 0 saturated carbocycles. The average molecular weight is 309 g/mol. The van der Waals surface area contributed by atoms with Crippen LogP contribution in [0.3, 0.4) is 0 Å². The van der Waals surface area contributed by atoms with E-state index in [0.717, 1.165) is 31.7 Å². The highest BCUT2D eigenvalue weighted by molar-refractivity contribution is 6.34. The Morgan fingerprint density at radius 3 is 2.21 bits per heavy atom. The number of nitrogens with one attached hydrogen (secondary N) is 1. The van der Waals surface area contributed by atoms with Crippen LogP contribution in [-0.2, 0) is 0 Å². The summed E-state index contributed by atoms with van der Waals surface area (Å²) in [4.78, 5) is 2.06. The maximum atomic E-state index is 12.8. The molecular weight excluding hydrogens is 293 g/mol. The van der Waals surface area contributed by atoms with Gasteiger partial charge in [0.1, 0.15) is 0 Å². The van der Waals surface area contributed by atoms with Gasteiger partial charge in [-0.15, -0.1) is 0 Å². The quantitative estimate of drug-likeness (QED) is 0.914. The lowest BCUT2D eigenvalue weighted by Crippen LogP contribution is -2.45. The van der Waals surface area contributed by atoms with Crippen LogP contribution in [0.15, 0.2) is 18.2 Å². The van der Waals surface area contributed by atoms with Crippen molar-refractivity contribution in [3.8, 4) is 0 Å². The Morgan fingerprint density at radius 1 is 1.11 bits per heavy atom. The fourth-order valence-corrected chi connectivity index (χ4v) is 2.97. The molecular formula is C13H16Cl2F2N2. The van der Waals surface area contributed by atoms with E-state index in [1.54, 1.807) is 18.2 Å². The Hall–Kier alpha value is -0.420. The molecule has 0 aliphatic carbocycles. The van der Waals surface area contributed by atoms with Gasteiger partial charge < -0.3 is 5.32 Å². The van der Waals surface area contributed by atoms with E-state index in [4.69, 9.17) is 23.2 Å². The van der Waals surface area contributed by atoms with Gasteiger partial charge in [0.25, 0.3) is 0 Å². The molecule has 106 valence electrons. The van der Waals surface area contributed by atoms with E-state index in [9.17, 15) is 8.78 Å². The predicted octanol–water partition coefficient (Wildman–Crippen LogP) is 3.59. The molecule has 0 amide bonds. The van der Waals surface area contributed by atoms with Crippen LogP contribution < -0.4 is 5.32 Å². The Bertz CT molecular complexity index is 403. The number of piperazine rings is 1. The van der Waals surface area contributed by atoms with Gasteiger partial charge in [-0.1, -0.05) is 23.2 Å². The first-order chi connectivity index (χ1) is 9.06. The summed E-state index contributed by atoms with van der Waals surface area (Å²) in [6.07, 6.45) is -2.55. The highest BCUT2D eigenvalue weighted by atomic mass is 35.5. The largest absolute Gasteiger partial charge is 0.314 e. The number of hydrogen-bond donors (Lipinski definition) is 1. The van der Waals surface area contributed by atoms with Crippen LogP contribution in [0.4, 0.5) is 8.78 Å². The zero-order valence-electron chi connectivity index (χ0n) is 10.4. The minimum absolute atomic E-state index is 0.198. The van der Waals surface area contributed by atoms with Crippen molar-refractivity contribution < 1.29 is 8.78 Å². The van der Waals surface area contributed by atoms with E-state index in [-0.39, 0.29) is 12.5 Å². The van der Waals surface area contributed by atoms with Crippen LogP contribution in [0.25, 0.3) is 0 Å². The third-order valence-electron chi connectivity index (χ3n) is 3.26. The standard InChI is InChI=1S/C13H16Cl2F2N2/c14-10-5-9(6-11(15)7-10)12(8-13(16)17)19-3-1-18-2-4-19/h5-7,12-13,18H,1-4,8H2/t12-/m0/s1. The van der Waals surface area contributed by atoms with Crippen LogP contribution in [0.2, 0.25) is 10.0 Å². The lowest BCUT2D eigenvalue weighted by Gasteiger charge is -2.35. The molecule has 0 bridgehead atoms. The smallest absolute Gasteiger partial charge is 0.240 e. The number of rotatable bonds is 4. The Balaban J connectivity index is 2.24. The highest BCUT2D eigenvalue weighted by Gasteiger charge is 2.25. The zero-order chi connectivity index (χ0) is 13.8. The van der Waals surface area contributed by atoms with Crippen LogP contribution in [0.5, 0.6) is 0 Å². The van der Waals surface area contributed by atoms with Crippen molar-refractivity contribution in [2.24, 2.45) is 0 Å². The number of alkyl halides is 2. The molecule has 0 unspecified atom stereocenters. The summed E-state index contributed by atoms with van der Waals surface area (Å²) >= 11 is 11.9. The first-order valence-electron chi connectivity index (χ1n) is 6.25. The molecule has 2 rings (SSSR count). The van der Waals surface area contributed by atoms with Gasteiger partial charge in [-0.25, -0.2) is 8.78 Å². The van der Waals surface area contributed by atoms with Gasteiger partial charge in [0.2, 0.25) is 6.43 Å². The lowest BCUT2D eigenvalue weighted by atomic mass is 10.0. The van der Waals surface area contributed by atoms with Gasteiger partial charge in [-0.2, -0.15) is 0 Å². The fraction of sp³-hybridized carbons (Fsp3) is 0.538. The average Bonchev–Trinajstić information content (AvgIpc) is 2.35. The van der Waals surface area contributed by atoms with E-state index in [1.165, 1.54) is 0 Å². The van der Waals surface area contributed by atoms with Crippen molar-refractivity contribution >= 4 is 23.2 Å². The molecule has 6 heteroatoms. The molecule has 2 nitrogen and oxygen atoms in total. The van der Waals surface area contributed by atoms with Crippen molar-refractivity contribution in [2.75, 3.05) is 26.2 Å². The summed E-state index contributed by atoms with van der Waals surface area (Å²) in [7, 11) is 0. The summed E-state index contributed by atoms with van der Waals surface area (Å²) in [5.74, 6) is 0. The molecule has 19 heavy (non-hydrogen) atoms. The topological polar surface area (TPSA) is 15.3 Å². The van der Waals surface area contributed by atoms with Crippen molar-refractivity contribution in [1.29, 1.82) is 0 Å². The fourth-order valence-electron chi connectivity index (χ4n) is 2.43. The Morgan fingerprint density at radius 2 is 1.68 bits per heavy atom. The van der Waals surface area contributed by atoms with Crippen molar-refractivity contribution in [3.63, 3.8) is 0 Å². The zero-order valence-corrected chi connectivity index (χ0v) is 11.9. The van der Waals surface area contributed by atoms with Gasteiger partial charge in [0, 0.05) is 48.7 Å². The van der Waals surface area contributed by atoms with Gasteiger partial charge in [-0.3, -0.25) is 4.90 Å². The summed E-state index contributed by atoms with van der Waals surface area (Å²) in [5.41, 5.74) is 0.764. The molecule has 0 aromatic heterocycles. The van der Waals surface area contributed by atoms with E-state index < -0.39 is 6.43 Å². The van der Waals surface area contributed by atoms with E-state index >= 15 is 0 Å². The summed E-state index contributed by atoms with van der Waals surface area (Å²) in [5, 5.41) is 4.18. The lowest BCUT2D eigenvalue weighted by molar-refractivity contribution is 0.0739. The van der Waals surface area contributed by atoms with E-state index in [1.807, 2.05) is 0 Å². The third-order valence-corrected chi connectivity index (χ3v) is 3.70. The summed E-state index contributed by atoms with van der Waals surface area (Å²) < 4.78 is 25.6. The molecule has 1 aliphatic heterocycles. The first kappa shape index (κ1) is 15.0.